The molecule has 0 amide bonds. The van der Waals surface area contributed by atoms with Crippen LogP contribution >= 0.6 is 11.8 Å². The van der Waals surface area contributed by atoms with Gasteiger partial charge < -0.3 is 9.90 Å². The molecule has 0 atom stereocenters. The van der Waals surface area contributed by atoms with E-state index in [0.717, 1.165) is 10.5 Å². The average molecular weight is 356 g/mol. The molecule has 0 saturated carbocycles. The summed E-state index contributed by atoms with van der Waals surface area (Å²) in [6.45, 7) is 0. The number of nitriles is 1. The van der Waals surface area contributed by atoms with Gasteiger partial charge in [0.15, 0.2) is 0 Å². The minimum Gasteiger partial charge on any atom is -0.545 e. The molecule has 0 radical (unpaired) electrons. The van der Waals surface area contributed by atoms with E-state index in [-0.39, 0.29) is 5.56 Å². The molecule has 4 heteroatoms. The van der Waals surface area contributed by atoms with Crippen LogP contribution in [0.5, 0.6) is 0 Å². The third kappa shape index (κ3) is 4.41. The summed E-state index contributed by atoms with van der Waals surface area (Å²) >= 11 is 1.67. The number of nitrogens with zero attached hydrogens (tertiary/aromatic N) is 1. The fourth-order valence-corrected chi connectivity index (χ4v) is 3.23. The molecule has 0 unspecified atom stereocenters. The highest BCUT2D eigenvalue weighted by atomic mass is 32.2. The van der Waals surface area contributed by atoms with Gasteiger partial charge in [-0.15, -0.1) is 0 Å². The van der Waals surface area contributed by atoms with Crippen LogP contribution in [0, 0.1) is 11.3 Å². The minimum atomic E-state index is -1.23. The zero-order chi connectivity index (χ0) is 18.4. The number of allylic oxidation sites excluding steroid dienone is 1. The van der Waals surface area contributed by atoms with E-state index in [1.54, 1.807) is 30.0 Å². The zero-order valence-electron chi connectivity index (χ0n) is 13.8. The minimum absolute atomic E-state index is 0.0910. The smallest absolute Gasteiger partial charge is 0.0998 e. The molecular formula is C22H14NO2S-. The summed E-state index contributed by atoms with van der Waals surface area (Å²) < 4.78 is 0. The van der Waals surface area contributed by atoms with Crippen LogP contribution in [0.2, 0.25) is 0 Å². The van der Waals surface area contributed by atoms with Crippen molar-refractivity contribution in [3.05, 3.63) is 95.6 Å². The Balaban J connectivity index is 1.79. The number of rotatable bonds is 5. The van der Waals surface area contributed by atoms with Gasteiger partial charge >= 0.3 is 0 Å². The normalized spacial score (nSPS) is 11.0. The number of hydrogen-bond acceptors (Lipinski definition) is 4. The highest BCUT2D eigenvalue weighted by Gasteiger charge is 2.03. The van der Waals surface area contributed by atoms with Crippen LogP contribution in [0.4, 0.5) is 0 Å². The first-order valence-electron chi connectivity index (χ1n) is 7.92. The van der Waals surface area contributed by atoms with Crippen molar-refractivity contribution in [3.63, 3.8) is 0 Å². The molecular weight excluding hydrogens is 342 g/mol. The fourth-order valence-electron chi connectivity index (χ4n) is 2.39. The lowest BCUT2D eigenvalue weighted by Gasteiger charge is -2.05. The van der Waals surface area contributed by atoms with E-state index in [2.05, 4.69) is 18.2 Å². The van der Waals surface area contributed by atoms with Crippen molar-refractivity contribution in [1.82, 2.24) is 0 Å². The fraction of sp³-hybridized carbons (Fsp3) is 0. The Morgan fingerprint density at radius 3 is 2.00 bits per heavy atom. The molecule has 3 aromatic rings. The van der Waals surface area contributed by atoms with Gasteiger partial charge in [-0.2, -0.15) is 5.26 Å². The summed E-state index contributed by atoms with van der Waals surface area (Å²) in [5.41, 5.74) is 2.13. The van der Waals surface area contributed by atoms with Crippen LogP contribution < -0.4 is 5.11 Å². The quantitative estimate of drug-likeness (QED) is 0.506. The lowest BCUT2D eigenvalue weighted by atomic mass is 10.0. The highest BCUT2D eigenvalue weighted by Crippen LogP contribution is 2.28. The Kier molecular flexibility index (Phi) is 5.52. The maximum Gasteiger partial charge on any atom is 0.0998 e. The van der Waals surface area contributed by atoms with Crippen molar-refractivity contribution in [2.24, 2.45) is 0 Å². The number of aromatic carboxylic acids is 1. The first kappa shape index (κ1) is 17.5. The zero-order valence-corrected chi connectivity index (χ0v) is 14.6. The Morgan fingerprint density at radius 1 is 0.846 bits per heavy atom. The average Bonchev–Trinajstić information content (AvgIpc) is 2.68. The van der Waals surface area contributed by atoms with Crippen molar-refractivity contribution >= 4 is 29.4 Å². The lowest BCUT2D eigenvalue weighted by molar-refractivity contribution is -0.255. The van der Waals surface area contributed by atoms with Crippen LogP contribution in [-0.4, -0.2) is 5.97 Å². The number of carboxylic acid groups (broad SMARTS) is 1. The van der Waals surface area contributed by atoms with Gasteiger partial charge in [0.25, 0.3) is 0 Å². The van der Waals surface area contributed by atoms with Crippen molar-refractivity contribution in [2.45, 2.75) is 9.79 Å². The maximum absolute atomic E-state index is 10.8. The van der Waals surface area contributed by atoms with E-state index in [1.165, 1.54) is 17.0 Å². The first-order chi connectivity index (χ1) is 12.7. The Labute approximate surface area is 156 Å². The summed E-state index contributed by atoms with van der Waals surface area (Å²) in [7, 11) is 0. The van der Waals surface area contributed by atoms with Crippen molar-refractivity contribution in [2.75, 3.05) is 0 Å². The van der Waals surface area contributed by atoms with Gasteiger partial charge in [0, 0.05) is 9.79 Å². The molecule has 0 saturated heterocycles. The number of benzene rings is 3. The van der Waals surface area contributed by atoms with E-state index in [1.807, 2.05) is 42.5 Å². The Bertz CT molecular complexity index is 969. The molecule has 3 nitrogen and oxygen atoms in total. The molecule has 0 fully saturated rings. The Hall–Kier alpha value is -3.29. The van der Waals surface area contributed by atoms with E-state index in [0.29, 0.717) is 11.1 Å². The molecule has 0 N–H and O–H groups in total. The van der Waals surface area contributed by atoms with E-state index in [9.17, 15) is 15.2 Å². The molecule has 3 rings (SSSR count). The van der Waals surface area contributed by atoms with Crippen molar-refractivity contribution in [3.8, 4) is 6.07 Å². The number of hydrogen-bond donors (Lipinski definition) is 0. The molecule has 26 heavy (non-hydrogen) atoms. The van der Waals surface area contributed by atoms with Crippen molar-refractivity contribution in [1.29, 1.82) is 5.26 Å². The first-order valence-corrected chi connectivity index (χ1v) is 8.74. The van der Waals surface area contributed by atoms with Crippen LogP contribution in [0.3, 0.4) is 0 Å². The summed E-state index contributed by atoms with van der Waals surface area (Å²) in [4.78, 5) is 13.1. The molecule has 0 aliphatic carbocycles. The van der Waals surface area contributed by atoms with Gasteiger partial charge in [-0.3, -0.25) is 0 Å². The summed E-state index contributed by atoms with van der Waals surface area (Å²) in [5, 5.41) is 20.2. The summed E-state index contributed by atoms with van der Waals surface area (Å²) in [6.07, 6.45) is 1.78. The molecule has 0 spiro atoms. The monoisotopic (exact) mass is 356 g/mol. The molecule has 0 bridgehead atoms. The van der Waals surface area contributed by atoms with E-state index in [4.69, 9.17) is 0 Å². The largest absolute Gasteiger partial charge is 0.545 e. The Morgan fingerprint density at radius 2 is 1.42 bits per heavy atom. The SMILES string of the molecule is N#C/C(=C/c1ccc(Sc2ccccc2)cc1)c1ccc(C(=O)[O-])cc1. The second kappa shape index (κ2) is 8.19. The molecule has 0 aliphatic rings. The molecule has 0 heterocycles. The van der Waals surface area contributed by atoms with Gasteiger partial charge in [0.05, 0.1) is 17.6 Å². The van der Waals surface area contributed by atoms with Gasteiger partial charge in [0.2, 0.25) is 0 Å². The van der Waals surface area contributed by atoms with Crippen LogP contribution in [0.25, 0.3) is 11.6 Å². The van der Waals surface area contributed by atoms with E-state index >= 15 is 0 Å². The molecule has 126 valence electrons. The number of carbonyl (C=O) groups is 1. The van der Waals surface area contributed by atoms with Crippen LogP contribution in [-0.2, 0) is 0 Å². The summed E-state index contributed by atoms with van der Waals surface area (Å²) in [5.74, 6) is -1.23. The third-order valence-corrected chi connectivity index (χ3v) is 4.74. The molecule has 3 aromatic carbocycles. The predicted molar refractivity (Wildman–Crippen MR) is 101 cm³/mol. The maximum atomic E-state index is 10.8. The number of carboxylic acids is 1. The van der Waals surface area contributed by atoms with Gasteiger partial charge in [0.1, 0.15) is 0 Å². The van der Waals surface area contributed by atoms with Gasteiger partial charge in [-0.25, -0.2) is 0 Å². The molecule has 0 aliphatic heterocycles. The second-order valence-electron chi connectivity index (χ2n) is 5.52. The standard InChI is InChI=1S/C22H15NO2S/c23-15-19(17-8-10-18(11-9-17)22(24)25)14-16-6-12-21(13-7-16)26-20-4-2-1-3-5-20/h1-14H,(H,24,25)/p-1/b19-14-. The van der Waals surface area contributed by atoms with E-state index < -0.39 is 5.97 Å². The van der Waals surface area contributed by atoms with Gasteiger partial charge in [-0.05, 0) is 47.0 Å². The second-order valence-corrected chi connectivity index (χ2v) is 6.67. The predicted octanol–water partition coefficient (Wildman–Crippen LogP) is 4.27. The lowest BCUT2D eigenvalue weighted by Crippen LogP contribution is -2.21. The van der Waals surface area contributed by atoms with Crippen molar-refractivity contribution < 1.29 is 9.90 Å². The molecule has 0 aromatic heterocycles. The number of carbonyl (C=O) groups excluding carboxylic acids is 1. The van der Waals surface area contributed by atoms with Crippen LogP contribution in [0.15, 0.2) is 88.7 Å². The van der Waals surface area contributed by atoms with Crippen LogP contribution in [0.1, 0.15) is 21.5 Å². The van der Waals surface area contributed by atoms with Gasteiger partial charge in [-0.1, -0.05) is 66.4 Å². The third-order valence-electron chi connectivity index (χ3n) is 3.72. The highest BCUT2D eigenvalue weighted by molar-refractivity contribution is 7.99. The topological polar surface area (TPSA) is 63.9 Å². The summed E-state index contributed by atoms with van der Waals surface area (Å²) in [6, 6.07) is 26.3.